The molecule has 1 heterocycles. The number of aromatic nitrogens is 3. The molecule has 0 spiro atoms. The monoisotopic (exact) mass is 250 g/mol. The van der Waals surface area contributed by atoms with Crippen molar-refractivity contribution in [2.75, 3.05) is 11.2 Å². The summed E-state index contributed by atoms with van der Waals surface area (Å²) in [5, 5.41) is 10.4. The van der Waals surface area contributed by atoms with Gasteiger partial charge in [0.1, 0.15) is 18.0 Å². The van der Waals surface area contributed by atoms with Gasteiger partial charge in [0.05, 0.1) is 5.69 Å². The van der Waals surface area contributed by atoms with Gasteiger partial charge < -0.3 is 5.32 Å². The molecule has 1 aromatic carbocycles. The van der Waals surface area contributed by atoms with Crippen LogP contribution in [-0.2, 0) is 4.79 Å². The van der Waals surface area contributed by atoms with E-state index in [-0.39, 0.29) is 11.8 Å². The van der Waals surface area contributed by atoms with Gasteiger partial charge in [-0.05, 0) is 25.1 Å². The fraction of sp³-hybridized carbons (Fsp3) is 0.182. The van der Waals surface area contributed by atoms with Crippen LogP contribution in [0.25, 0.3) is 5.69 Å². The number of nitrogens with one attached hydrogen (secondary N) is 1. The minimum Gasteiger partial charge on any atom is -0.325 e. The predicted molar refractivity (Wildman–Crippen MR) is 65.4 cm³/mol. The van der Waals surface area contributed by atoms with Gasteiger partial charge in [-0.3, -0.25) is 9.36 Å². The highest BCUT2D eigenvalue weighted by Crippen LogP contribution is 2.15. The average molecular weight is 251 g/mol. The van der Waals surface area contributed by atoms with Crippen molar-refractivity contribution in [3.8, 4) is 5.69 Å². The Morgan fingerprint density at radius 2 is 2.35 bits per heavy atom. The maximum Gasteiger partial charge on any atom is 0.239 e. The summed E-state index contributed by atoms with van der Waals surface area (Å²) in [6.07, 6.45) is 1.62. The summed E-state index contributed by atoms with van der Waals surface area (Å²) in [7, 11) is 0. The van der Waals surface area contributed by atoms with E-state index in [0.717, 1.165) is 11.5 Å². The zero-order chi connectivity index (χ0) is 12.3. The first-order valence-corrected chi connectivity index (χ1v) is 5.57. The number of carbonyl (C=O) groups is 1. The molecule has 0 saturated carbocycles. The number of amides is 1. The number of hydrogen-bond acceptors (Lipinski definition) is 3. The van der Waals surface area contributed by atoms with Gasteiger partial charge in [-0.15, -0.1) is 21.8 Å². The number of nitrogens with zero attached hydrogens (tertiary/aromatic N) is 3. The molecule has 0 unspecified atom stereocenters. The lowest BCUT2D eigenvalue weighted by Gasteiger charge is -2.07. The molecule has 0 aliphatic heterocycles. The Labute approximate surface area is 103 Å². The molecule has 1 N–H and O–H groups in total. The van der Waals surface area contributed by atoms with Crippen LogP contribution in [0.5, 0.6) is 0 Å². The second kappa shape index (κ2) is 4.97. The third-order valence-electron chi connectivity index (χ3n) is 2.25. The van der Waals surface area contributed by atoms with E-state index in [4.69, 9.17) is 11.6 Å². The number of aryl methyl sites for hydroxylation is 1. The van der Waals surface area contributed by atoms with Crippen molar-refractivity contribution in [3.05, 3.63) is 36.4 Å². The molecule has 1 aromatic heterocycles. The lowest BCUT2D eigenvalue weighted by molar-refractivity contribution is -0.113. The number of alkyl halides is 1. The largest absolute Gasteiger partial charge is 0.325 e. The van der Waals surface area contributed by atoms with Crippen molar-refractivity contribution < 1.29 is 4.79 Å². The molecule has 0 fully saturated rings. The van der Waals surface area contributed by atoms with E-state index in [2.05, 4.69) is 15.5 Å². The zero-order valence-corrected chi connectivity index (χ0v) is 9.98. The van der Waals surface area contributed by atoms with Gasteiger partial charge in [0.25, 0.3) is 0 Å². The molecule has 2 aromatic rings. The Kier molecular flexibility index (Phi) is 3.39. The van der Waals surface area contributed by atoms with E-state index in [1.165, 1.54) is 0 Å². The average Bonchev–Trinajstić information content (AvgIpc) is 2.75. The molecule has 0 bridgehead atoms. The Morgan fingerprint density at radius 3 is 3.00 bits per heavy atom. The summed E-state index contributed by atoms with van der Waals surface area (Å²) in [6, 6.07) is 7.39. The summed E-state index contributed by atoms with van der Waals surface area (Å²) in [5.74, 6) is 0.491. The molecule has 17 heavy (non-hydrogen) atoms. The van der Waals surface area contributed by atoms with Crippen LogP contribution in [0, 0.1) is 6.92 Å². The summed E-state index contributed by atoms with van der Waals surface area (Å²) in [5.41, 5.74) is 1.58. The van der Waals surface area contributed by atoms with Crippen LogP contribution in [0.2, 0.25) is 0 Å². The third-order valence-corrected chi connectivity index (χ3v) is 2.49. The summed E-state index contributed by atoms with van der Waals surface area (Å²) < 4.78 is 1.83. The van der Waals surface area contributed by atoms with E-state index < -0.39 is 0 Å². The third kappa shape index (κ3) is 2.62. The molecule has 0 radical (unpaired) electrons. The maximum absolute atomic E-state index is 11.2. The Morgan fingerprint density at radius 1 is 1.53 bits per heavy atom. The zero-order valence-electron chi connectivity index (χ0n) is 9.22. The fourth-order valence-corrected chi connectivity index (χ4v) is 1.54. The van der Waals surface area contributed by atoms with E-state index in [0.29, 0.717) is 5.69 Å². The summed E-state index contributed by atoms with van der Waals surface area (Å²) in [4.78, 5) is 11.2. The highest BCUT2D eigenvalue weighted by molar-refractivity contribution is 6.29. The summed E-state index contributed by atoms with van der Waals surface area (Å²) >= 11 is 5.43. The molecule has 1 amide bonds. The molecule has 0 atom stereocenters. The van der Waals surface area contributed by atoms with Crippen molar-refractivity contribution in [1.29, 1.82) is 0 Å². The quantitative estimate of drug-likeness (QED) is 0.845. The van der Waals surface area contributed by atoms with Crippen LogP contribution in [0.3, 0.4) is 0 Å². The van der Waals surface area contributed by atoms with Gasteiger partial charge in [-0.1, -0.05) is 6.07 Å². The lowest BCUT2D eigenvalue weighted by atomic mass is 10.2. The topological polar surface area (TPSA) is 59.8 Å². The predicted octanol–water partition coefficient (Wildman–Crippen LogP) is 1.75. The first-order valence-electron chi connectivity index (χ1n) is 5.03. The lowest BCUT2D eigenvalue weighted by Crippen LogP contribution is -2.12. The molecule has 2 rings (SSSR count). The van der Waals surface area contributed by atoms with Crippen molar-refractivity contribution >= 4 is 23.2 Å². The minimum absolute atomic E-state index is 0.0596. The fourth-order valence-electron chi connectivity index (χ4n) is 1.47. The highest BCUT2D eigenvalue weighted by atomic mass is 35.5. The standard InChI is InChI=1S/C11H11ClN4O/c1-8-15-13-7-16(8)10-4-2-3-9(5-10)14-11(17)6-12/h2-5,7H,6H2,1H3,(H,14,17). The van der Waals surface area contributed by atoms with E-state index in [1.807, 2.05) is 29.7 Å². The van der Waals surface area contributed by atoms with Crippen molar-refractivity contribution in [2.45, 2.75) is 6.92 Å². The van der Waals surface area contributed by atoms with Crippen LogP contribution in [0.1, 0.15) is 5.82 Å². The number of benzene rings is 1. The van der Waals surface area contributed by atoms with Gasteiger partial charge in [0.15, 0.2) is 0 Å². The Bertz CT molecular complexity index is 538. The number of halogens is 1. The van der Waals surface area contributed by atoms with Gasteiger partial charge in [-0.2, -0.15) is 0 Å². The summed E-state index contributed by atoms with van der Waals surface area (Å²) in [6.45, 7) is 1.86. The SMILES string of the molecule is Cc1nncn1-c1cccc(NC(=O)CCl)c1. The second-order valence-corrected chi connectivity index (χ2v) is 3.75. The smallest absolute Gasteiger partial charge is 0.239 e. The van der Waals surface area contributed by atoms with Gasteiger partial charge in [0.2, 0.25) is 5.91 Å². The molecule has 0 aliphatic carbocycles. The molecule has 0 saturated heterocycles. The van der Waals surface area contributed by atoms with Gasteiger partial charge in [0, 0.05) is 5.69 Å². The second-order valence-electron chi connectivity index (χ2n) is 3.48. The van der Waals surface area contributed by atoms with Crippen LogP contribution >= 0.6 is 11.6 Å². The molecule has 0 aliphatic rings. The molecule has 5 nitrogen and oxygen atoms in total. The normalized spacial score (nSPS) is 10.2. The van der Waals surface area contributed by atoms with Crippen LogP contribution in [-0.4, -0.2) is 26.6 Å². The van der Waals surface area contributed by atoms with Gasteiger partial charge in [-0.25, -0.2) is 0 Å². The molecular weight excluding hydrogens is 240 g/mol. The molecular formula is C11H11ClN4O. The number of carbonyl (C=O) groups excluding carboxylic acids is 1. The first-order chi connectivity index (χ1) is 8.20. The number of rotatable bonds is 3. The van der Waals surface area contributed by atoms with E-state index >= 15 is 0 Å². The number of hydrogen-bond donors (Lipinski definition) is 1. The Balaban J connectivity index is 2.29. The first kappa shape index (κ1) is 11.6. The molecule has 6 heteroatoms. The van der Waals surface area contributed by atoms with Crippen LogP contribution in [0.4, 0.5) is 5.69 Å². The Hall–Kier alpha value is -1.88. The van der Waals surface area contributed by atoms with Crippen molar-refractivity contribution in [3.63, 3.8) is 0 Å². The van der Waals surface area contributed by atoms with Crippen molar-refractivity contribution in [1.82, 2.24) is 14.8 Å². The van der Waals surface area contributed by atoms with E-state index in [9.17, 15) is 4.79 Å². The maximum atomic E-state index is 11.2. The van der Waals surface area contributed by atoms with Crippen LogP contribution < -0.4 is 5.32 Å². The highest BCUT2D eigenvalue weighted by Gasteiger charge is 2.04. The van der Waals surface area contributed by atoms with Gasteiger partial charge >= 0.3 is 0 Å². The van der Waals surface area contributed by atoms with E-state index in [1.54, 1.807) is 12.4 Å². The number of anilines is 1. The van der Waals surface area contributed by atoms with Crippen LogP contribution in [0.15, 0.2) is 30.6 Å². The molecule has 88 valence electrons. The van der Waals surface area contributed by atoms with Crippen molar-refractivity contribution in [2.24, 2.45) is 0 Å². The minimum atomic E-state index is -0.232.